The van der Waals surface area contributed by atoms with Crippen LogP contribution in [0, 0.1) is 5.41 Å². The quantitative estimate of drug-likeness (QED) is 0.518. The summed E-state index contributed by atoms with van der Waals surface area (Å²) in [5, 5.41) is 0. The second-order valence-electron chi connectivity index (χ2n) is 4.01. The van der Waals surface area contributed by atoms with Crippen LogP contribution in [0.4, 0.5) is 0 Å². The molecule has 1 aliphatic heterocycles. The van der Waals surface area contributed by atoms with Gasteiger partial charge in [-0.3, -0.25) is 4.79 Å². The fourth-order valence-corrected chi connectivity index (χ4v) is 2.16. The molecule has 11 heavy (non-hydrogen) atoms. The predicted molar refractivity (Wildman–Crippen MR) is 43.4 cm³/mol. The van der Waals surface area contributed by atoms with Gasteiger partial charge in [-0.05, 0) is 39.4 Å². The molecule has 2 nitrogen and oxygen atoms in total. The lowest BCUT2D eigenvalue weighted by atomic mass is 9.62. The summed E-state index contributed by atoms with van der Waals surface area (Å²) in [5.74, 6) is 0.533. The standard InChI is InChI=1S/C9H15NO/c1-10-6-4-9(5-7-10)3-2-8(9)11/h2-7H2,1H3. The highest BCUT2D eigenvalue weighted by Gasteiger charge is 2.46. The van der Waals surface area contributed by atoms with E-state index in [0.717, 1.165) is 32.4 Å². The summed E-state index contributed by atoms with van der Waals surface area (Å²) in [6.45, 7) is 2.23. The molecular weight excluding hydrogens is 138 g/mol. The number of carbonyl (C=O) groups excluding carboxylic acids is 1. The molecule has 2 rings (SSSR count). The Hall–Kier alpha value is -0.370. The summed E-state index contributed by atoms with van der Waals surface area (Å²) in [6, 6.07) is 0. The van der Waals surface area contributed by atoms with E-state index in [9.17, 15) is 4.79 Å². The molecule has 0 aromatic heterocycles. The van der Waals surface area contributed by atoms with Crippen molar-refractivity contribution in [3.05, 3.63) is 0 Å². The lowest BCUT2D eigenvalue weighted by molar-refractivity contribution is -0.141. The Balaban J connectivity index is 2.01. The van der Waals surface area contributed by atoms with E-state index in [4.69, 9.17) is 0 Å². The Morgan fingerprint density at radius 1 is 1.27 bits per heavy atom. The largest absolute Gasteiger partial charge is 0.306 e. The van der Waals surface area contributed by atoms with Crippen molar-refractivity contribution in [2.45, 2.75) is 25.7 Å². The van der Waals surface area contributed by atoms with Crippen molar-refractivity contribution < 1.29 is 4.79 Å². The minimum Gasteiger partial charge on any atom is -0.306 e. The Bertz CT molecular complexity index is 180. The molecule has 0 unspecified atom stereocenters. The highest BCUT2D eigenvalue weighted by Crippen LogP contribution is 2.45. The summed E-state index contributed by atoms with van der Waals surface area (Å²) in [6.07, 6.45) is 4.24. The van der Waals surface area contributed by atoms with Crippen LogP contribution in [0.15, 0.2) is 0 Å². The van der Waals surface area contributed by atoms with E-state index in [1.165, 1.54) is 6.42 Å². The molecule has 2 heteroatoms. The lowest BCUT2D eigenvalue weighted by Crippen LogP contribution is -2.48. The van der Waals surface area contributed by atoms with Gasteiger partial charge in [-0.1, -0.05) is 0 Å². The molecule has 0 bridgehead atoms. The van der Waals surface area contributed by atoms with E-state index in [-0.39, 0.29) is 5.41 Å². The number of nitrogens with zero attached hydrogens (tertiary/aromatic N) is 1. The zero-order chi connectivity index (χ0) is 7.90. The average Bonchev–Trinajstić information content (AvgIpc) is 2.03. The van der Waals surface area contributed by atoms with Crippen LogP contribution >= 0.6 is 0 Å². The van der Waals surface area contributed by atoms with Crippen molar-refractivity contribution in [3.8, 4) is 0 Å². The van der Waals surface area contributed by atoms with E-state index >= 15 is 0 Å². The Morgan fingerprint density at radius 2 is 1.91 bits per heavy atom. The Morgan fingerprint density at radius 3 is 2.27 bits per heavy atom. The van der Waals surface area contributed by atoms with Gasteiger partial charge < -0.3 is 4.90 Å². The van der Waals surface area contributed by atoms with E-state index in [1.54, 1.807) is 0 Å². The molecule has 1 aliphatic carbocycles. The fraction of sp³-hybridized carbons (Fsp3) is 0.889. The predicted octanol–water partition coefficient (Wildman–Crippen LogP) is 1.06. The van der Waals surface area contributed by atoms with Gasteiger partial charge in [-0.15, -0.1) is 0 Å². The maximum absolute atomic E-state index is 11.3. The average molecular weight is 153 g/mol. The third-order valence-corrected chi connectivity index (χ3v) is 3.37. The monoisotopic (exact) mass is 153 g/mol. The first-order valence-electron chi connectivity index (χ1n) is 4.45. The van der Waals surface area contributed by atoms with Crippen LogP contribution in [-0.4, -0.2) is 30.8 Å². The molecule has 0 N–H and O–H groups in total. The first-order chi connectivity index (χ1) is 5.23. The third kappa shape index (κ3) is 1.00. The normalized spacial score (nSPS) is 30.5. The van der Waals surface area contributed by atoms with Crippen molar-refractivity contribution in [2.24, 2.45) is 5.41 Å². The number of piperidine rings is 1. The first kappa shape index (κ1) is 7.29. The molecule has 1 saturated carbocycles. The van der Waals surface area contributed by atoms with E-state index in [0.29, 0.717) is 5.78 Å². The molecule has 62 valence electrons. The number of Topliss-reactive ketones (excluding diaryl/α,β-unsaturated/α-hetero) is 1. The summed E-state index contributed by atoms with van der Waals surface area (Å²) in [7, 11) is 2.13. The van der Waals surface area contributed by atoms with Gasteiger partial charge in [0.05, 0.1) is 0 Å². The summed E-state index contributed by atoms with van der Waals surface area (Å²) >= 11 is 0. The summed E-state index contributed by atoms with van der Waals surface area (Å²) in [5.41, 5.74) is 0.159. The van der Waals surface area contributed by atoms with Crippen molar-refractivity contribution >= 4 is 5.78 Å². The minimum absolute atomic E-state index is 0.159. The van der Waals surface area contributed by atoms with Crippen molar-refractivity contribution in [3.63, 3.8) is 0 Å². The number of hydrogen-bond acceptors (Lipinski definition) is 2. The van der Waals surface area contributed by atoms with Crippen molar-refractivity contribution in [2.75, 3.05) is 20.1 Å². The minimum atomic E-state index is 0.159. The second-order valence-corrected chi connectivity index (χ2v) is 4.01. The van der Waals surface area contributed by atoms with Crippen LogP contribution in [0.1, 0.15) is 25.7 Å². The number of likely N-dealkylation sites (tertiary alicyclic amines) is 1. The van der Waals surface area contributed by atoms with E-state index in [2.05, 4.69) is 11.9 Å². The van der Waals surface area contributed by atoms with Gasteiger partial charge in [0, 0.05) is 11.8 Å². The molecule has 2 fully saturated rings. The van der Waals surface area contributed by atoms with Crippen LogP contribution in [0.3, 0.4) is 0 Å². The van der Waals surface area contributed by atoms with Gasteiger partial charge in [0.15, 0.2) is 0 Å². The fourth-order valence-electron chi connectivity index (χ4n) is 2.16. The highest BCUT2D eigenvalue weighted by molar-refractivity contribution is 5.90. The zero-order valence-corrected chi connectivity index (χ0v) is 7.10. The maximum atomic E-state index is 11.3. The van der Waals surface area contributed by atoms with Gasteiger partial charge in [0.1, 0.15) is 5.78 Å². The molecule has 0 amide bonds. The van der Waals surface area contributed by atoms with Gasteiger partial charge in [-0.25, -0.2) is 0 Å². The van der Waals surface area contributed by atoms with Gasteiger partial charge >= 0.3 is 0 Å². The molecule has 0 aromatic carbocycles. The van der Waals surface area contributed by atoms with Crippen LogP contribution in [0.5, 0.6) is 0 Å². The van der Waals surface area contributed by atoms with Gasteiger partial charge in [-0.2, -0.15) is 0 Å². The number of rotatable bonds is 0. The maximum Gasteiger partial charge on any atom is 0.139 e. The topological polar surface area (TPSA) is 20.3 Å². The molecule has 0 radical (unpaired) electrons. The van der Waals surface area contributed by atoms with E-state index < -0.39 is 0 Å². The van der Waals surface area contributed by atoms with Gasteiger partial charge in [0.2, 0.25) is 0 Å². The van der Waals surface area contributed by atoms with Crippen molar-refractivity contribution in [1.29, 1.82) is 0 Å². The molecule has 1 heterocycles. The van der Waals surface area contributed by atoms with Crippen LogP contribution in [0.25, 0.3) is 0 Å². The molecule has 1 saturated heterocycles. The van der Waals surface area contributed by atoms with Crippen LogP contribution < -0.4 is 0 Å². The highest BCUT2D eigenvalue weighted by atomic mass is 16.1. The molecule has 1 spiro atoms. The molecule has 0 aromatic rings. The SMILES string of the molecule is CN1CCC2(CCC2=O)CC1. The van der Waals surface area contributed by atoms with Crippen LogP contribution in [-0.2, 0) is 4.79 Å². The Labute approximate surface area is 67.6 Å². The molecule has 0 atom stereocenters. The van der Waals surface area contributed by atoms with Gasteiger partial charge in [0.25, 0.3) is 0 Å². The second kappa shape index (κ2) is 2.31. The third-order valence-electron chi connectivity index (χ3n) is 3.37. The van der Waals surface area contributed by atoms with E-state index in [1.807, 2.05) is 0 Å². The Kier molecular flexibility index (Phi) is 1.53. The smallest absolute Gasteiger partial charge is 0.139 e. The summed E-state index contributed by atoms with van der Waals surface area (Å²) in [4.78, 5) is 13.6. The molecule has 2 aliphatic rings. The zero-order valence-electron chi connectivity index (χ0n) is 7.10. The summed E-state index contributed by atoms with van der Waals surface area (Å²) < 4.78 is 0. The first-order valence-corrected chi connectivity index (χ1v) is 4.45. The number of hydrogen-bond donors (Lipinski definition) is 0. The lowest BCUT2D eigenvalue weighted by Gasteiger charge is -2.45. The van der Waals surface area contributed by atoms with Crippen molar-refractivity contribution in [1.82, 2.24) is 4.90 Å². The number of ketones is 1. The number of carbonyl (C=O) groups is 1. The van der Waals surface area contributed by atoms with Crippen LogP contribution in [0.2, 0.25) is 0 Å². The molecular formula is C9H15NO.